The van der Waals surface area contributed by atoms with Gasteiger partial charge in [-0.1, -0.05) is 12.1 Å². The van der Waals surface area contributed by atoms with Gasteiger partial charge in [0, 0.05) is 85.8 Å². The Morgan fingerprint density at radius 1 is 1.04 bits per heavy atom. The Labute approximate surface area is 287 Å². The van der Waals surface area contributed by atoms with E-state index in [0.29, 0.717) is 16.6 Å². The van der Waals surface area contributed by atoms with E-state index in [1.807, 2.05) is 29.0 Å². The number of carbonyl (C=O) groups excluding carboxylic acids is 1. The molecule has 50 heavy (non-hydrogen) atoms. The third-order valence-corrected chi connectivity index (χ3v) is 12.0. The Balaban J connectivity index is 0.956. The predicted octanol–water partition coefficient (Wildman–Crippen LogP) is 3.68. The molecule has 0 amide bonds. The molecule has 0 bridgehead atoms. The number of anilines is 2. The molecule has 4 saturated heterocycles. The molecule has 0 saturated carbocycles. The Hall–Kier alpha value is -4.02. The second-order valence-electron chi connectivity index (χ2n) is 14.3. The van der Waals surface area contributed by atoms with Crippen LogP contribution >= 0.6 is 0 Å². The zero-order valence-corrected chi connectivity index (χ0v) is 28.1. The summed E-state index contributed by atoms with van der Waals surface area (Å²) >= 11 is 0. The quantitative estimate of drug-likeness (QED) is 0.194. The fourth-order valence-corrected chi connectivity index (χ4v) is 9.19. The molecule has 4 aromatic rings. The monoisotopic (exact) mass is 709 g/mol. The Morgan fingerprint density at radius 2 is 1.78 bits per heavy atom. The van der Waals surface area contributed by atoms with E-state index in [2.05, 4.69) is 25.1 Å². The van der Waals surface area contributed by atoms with Crippen molar-refractivity contribution in [3.63, 3.8) is 0 Å². The van der Waals surface area contributed by atoms with Gasteiger partial charge >= 0.3 is 10.2 Å². The number of likely N-dealkylation sites (tertiary alicyclic amines) is 1. The molecular formula is C35H38F3N7O4S. The maximum absolute atomic E-state index is 15.6. The topological polar surface area (TPSA) is 134 Å². The van der Waals surface area contributed by atoms with E-state index in [0.717, 1.165) is 86.3 Å². The van der Waals surface area contributed by atoms with E-state index >= 15 is 8.78 Å². The van der Waals surface area contributed by atoms with Gasteiger partial charge in [-0.3, -0.25) is 14.4 Å². The fraction of sp³-hybridized carbons (Fsp3) is 0.429. The van der Waals surface area contributed by atoms with E-state index in [1.165, 1.54) is 6.20 Å². The minimum atomic E-state index is -4.33. The van der Waals surface area contributed by atoms with E-state index < -0.39 is 50.7 Å². The van der Waals surface area contributed by atoms with Crippen LogP contribution in [-0.4, -0.2) is 109 Å². The number of benzene rings is 2. The number of piperidine rings is 1. The number of hydrogen-bond donors (Lipinski definition) is 4. The molecule has 2 aromatic heterocycles. The summed E-state index contributed by atoms with van der Waals surface area (Å²) in [6, 6.07) is 11.4. The summed E-state index contributed by atoms with van der Waals surface area (Å²) in [4.78, 5) is 25.6. The van der Waals surface area contributed by atoms with Crippen LogP contribution < -0.4 is 14.9 Å². The molecule has 264 valence electrons. The third kappa shape index (κ3) is 6.04. The average Bonchev–Trinajstić information content (AvgIpc) is 3.70. The molecule has 8 rings (SSSR count). The van der Waals surface area contributed by atoms with Crippen LogP contribution in [0.15, 0.2) is 54.9 Å². The number of halogens is 3. The minimum Gasteiger partial charge on any atom is -0.388 e. The van der Waals surface area contributed by atoms with Crippen LogP contribution in [0.5, 0.6) is 0 Å². The minimum absolute atomic E-state index is 0.0150. The number of β-amino-alcohol motifs (C(OH)–C–C–N with tert-alkyl or cyclic N) is 1. The maximum atomic E-state index is 15.6. The molecule has 4 N–H and O–H groups in total. The number of nitrogens with zero attached hydrogens (tertiary/aromatic N) is 4. The molecule has 1 unspecified atom stereocenters. The first kappa shape index (κ1) is 33.1. The van der Waals surface area contributed by atoms with Crippen LogP contribution in [0.2, 0.25) is 0 Å². The van der Waals surface area contributed by atoms with Crippen molar-refractivity contribution in [3.05, 3.63) is 77.6 Å². The van der Waals surface area contributed by atoms with Crippen molar-refractivity contribution in [1.82, 2.24) is 24.5 Å². The van der Waals surface area contributed by atoms with Crippen molar-refractivity contribution in [2.45, 2.75) is 31.0 Å². The fourth-order valence-electron chi connectivity index (χ4n) is 7.92. The van der Waals surface area contributed by atoms with Gasteiger partial charge in [-0.25, -0.2) is 18.2 Å². The number of aromatic amines is 1. The zero-order chi connectivity index (χ0) is 34.8. The van der Waals surface area contributed by atoms with Crippen LogP contribution in [0, 0.1) is 17.0 Å². The first-order valence-corrected chi connectivity index (χ1v) is 18.3. The normalized spacial score (nSPS) is 22.1. The number of hydrogen-bond acceptors (Lipinski definition) is 8. The van der Waals surface area contributed by atoms with Crippen molar-refractivity contribution in [3.8, 4) is 11.1 Å². The molecular weight excluding hydrogens is 671 g/mol. The van der Waals surface area contributed by atoms with Gasteiger partial charge in [-0.2, -0.15) is 12.7 Å². The van der Waals surface area contributed by atoms with Gasteiger partial charge in [0.15, 0.2) is 5.82 Å². The van der Waals surface area contributed by atoms with Crippen LogP contribution in [0.25, 0.3) is 22.2 Å². The standard InChI is InChI=1S/C35H38F3N7O4S/c36-24-7-12-45(16-24)50(48,49)42-29-6-5-28(37)30(31(29)38)32(46)27-15-41-33-26(27)13-23(14-40-33)22-1-3-25(4-2-22)44-19-34(20-44)17-43(18-34)21-35(47)8-10-39-11-9-35/h1-6,13-15,24,39,42,47H,7-12,16-21H2,(H,40,41). The van der Waals surface area contributed by atoms with Gasteiger partial charge < -0.3 is 20.3 Å². The van der Waals surface area contributed by atoms with Crippen LogP contribution in [0.3, 0.4) is 0 Å². The van der Waals surface area contributed by atoms with E-state index in [4.69, 9.17) is 0 Å². The largest absolute Gasteiger partial charge is 0.388 e. The van der Waals surface area contributed by atoms with Gasteiger partial charge in [0.1, 0.15) is 17.6 Å². The number of pyridine rings is 1. The number of aromatic nitrogens is 2. The highest BCUT2D eigenvalue weighted by molar-refractivity contribution is 7.90. The van der Waals surface area contributed by atoms with Crippen LogP contribution in [-0.2, 0) is 10.2 Å². The summed E-state index contributed by atoms with van der Waals surface area (Å²) in [7, 11) is -4.33. The van der Waals surface area contributed by atoms with Crippen LogP contribution in [0.4, 0.5) is 24.5 Å². The molecule has 4 aliphatic rings. The third-order valence-electron chi connectivity index (χ3n) is 10.6. The lowest BCUT2D eigenvalue weighted by molar-refractivity contribution is -0.0883. The second-order valence-corrected chi connectivity index (χ2v) is 16.0. The van der Waals surface area contributed by atoms with Gasteiger partial charge in [0.05, 0.1) is 16.9 Å². The smallest absolute Gasteiger partial charge is 0.301 e. The number of rotatable bonds is 9. The number of nitrogens with one attached hydrogen (secondary N) is 3. The molecule has 0 aliphatic carbocycles. The molecule has 0 radical (unpaired) electrons. The number of alkyl halides is 1. The lowest BCUT2D eigenvalue weighted by Crippen LogP contribution is -2.73. The summed E-state index contributed by atoms with van der Waals surface area (Å²) < 4.78 is 72.6. The zero-order valence-electron chi connectivity index (χ0n) is 27.3. The lowest BCUT2D eigenvalue weighted by Gasteiger charge is -2.62. The maximum Gasteiger partial charge on any atom is 0.301 e. The van der Waals surface area contributed by atoms with Gasteiger partial charge in [0.2, 0.25) is 5.78 Å². The molecule has 15 heteroatoms. The van der Waals surface area contributed by atoms with Gasteiger partial charge in [-0.15, -0.1) is 0 Å². The van der Waals surface area contributed by atoms with Gasteiger partial charge in [-0.05, 0) is 68.2 Å². The van der Waals surface area contributed by atoms with E-state index in [9.17, 15) is 22.7 Å². The SMILES string of the molecule is O=C(c1c(F)ccc(NS(=O)(=O)N2CCC(F)C2)c1F)c1c[nH]c2ncc(-c3ccc(N4CC5(CN(CC6(O)CCNCC6)C5)C4)cc3)cc12. The summed E-state index contributed by atoms with van der Waals surface area (Å²) in [6.07, 6.45) is 3.23. The van der Waals surface area contributed by atoms with Crippen molar-refractivity contribution in [2.24, 2.45) is 5.41 Å². The van der Waals surface area contributed by atoms with E-state index in [-0.39, 0.29) is 30.5 Å². The first-order chi connectivity index (χ1) is 23.9. The Morgan fingerprint density at radius 3 is 2.48 bits per heavy atom. The second kappa shape index (κ2) is 12.3. The highest BCUT2D eigenvalue weighted by atomic mass is 32.2. The molecule has 11 nitrogen and oxygen atoms in total. The molecule has 6 heterocycles. The summed E-state index contributed by atoms with van der Waals surface area (Å²) in [5.41, 5.74) is 1.08. The molecule has 1 atom stereocenters. The summed E-state index contributed by atoms with van der Waals surface area (Å²) in [5, 5.41) is 14.5. The van der Waals surface area contributed by atoms with E-state index in [1.54, 1.807) is 12.3 Å². The molecule has 4 fully saturated rings. The first-order valence-electron chi connectivity index (χ1n) is 16.8. The molecule has 2 aromatic carbocycles. The number of ketones is 1. The highest BCUT2D eigenvalue weighted by Crippen LogP contribution is 2.43. The lowest BCUT2D eigenvalue weighted by atomic mass is 9.71. The van der Waals surface area contributed by atoms with Crippen molar-refractivity contribution >= 4 is 38.4 Å². The molecule has 4 aliphatic heterocycles. The summed E-state index contributed by atoms with van der Waals surface area (Å²) in [5.74, 6) is -3.51. The number of aliphatic hydroxyl groups is 1. The summed E-state index contributed by atoms with van der Waals surface area (Å²) in [6.45, 7) is 5.90. The number of fused-ring (bicyclic) bond motifs is 1. The van der Waals surface area contributed by atoms with Crippen molar-refractivity contribution < 1.29 is 31.5 Å². The Bertz CT molecular complexity index is 2060. The van der Waals surface area contributed by atoms with Crippen molar-refractivity contribution in [2.75, 3.05) is 68.5 Å². The predicted molar refractivity (Wildman–Crippen MR) is 183 cm³/mol. The van der Waals surface area contributed by atoms with Crippen molar-refractivity contribution in [1.29, 1.82) is 0 Å². The Kier molecular flexibility index (Phi) is 8.18. The average molecular weight is 710 g/mol. The van der Waals surface area contributed by atoms with Gasteiger partial charge in [0.25, 0.3) is 0 Å². The molecule has 1 spiro atoms. The number of H-pyrrole nitrogens is 1. The van der Waals surface area contributed by atoms with Crippen LogP contribution in [0.1, 0.15) is 35.2 Å². The number of carbonyl (C=O) groups is 1. The highest BCUT2D eigenvalue weighted by Gasteiger charge is 2.53.